The Morgan fingerprint density at radius 1 is 1.39 bits per heavy atom. The fourth-order valence-corrected chi connectivity index (χ4v) is 4.45. The van der Waals surface area contributed by atoms with Gasteiger partial charge < -0.3 is 9.64 Å². The first-order valence-corrected chi connectivity index (χ1v) is 8.35. The van der Waals surface area contributed by atoms with Crippen molar-refractivity contribution >= 4 is 15.7 Å². The number of carbonyl (C=O) groups is 1. The van der Waals surface area contributed by atoms with Gasteiger partial charge in [-0.2, -0.15) is 0 Å². The summed E-state index contributed by atoms with van der Waals surface area (Å²) in [5.41, 5.74) is -0.400. The topological polar surface area (TPSA) is 63.7 Å². The lowest BCUT2D eigenvalue weighted by molar-refractivity contribution is -0.174. The van der Waals surface area contributed by atoms with E-state index >= 15 is 0 Å². The first kappa shape index (κ1) is 13.8. The fraction of sp³-hybridized carbons (Fsp3) is 0.917. The van der Waals surface area contributed by atoms with Crippen molar-refractivity contribution < 1.29 is 17.9 Å². The second kappa shape index (κ2) is 4.81. The van der Waals surface area contributed by atoms with Crippen LogP contribution in [0.4, 0.5) is 0 Å². The lowest BCUT2D eigenvalue weighted by Gasteiger charge is -2.43. The maximum absolute atomic E-state index is 12.6. The minimum Gasteiger partial charge on any atom is -0.379 e. The fourth-order valence-electron chi connectivity index (χ4n) is 2.72. The molecule has 2 rings (SSSR count). The highest BCUT2D eigenvalue weighted by Gasteiger charge is 2.48. The Kier molecular flexibility index (Phi) is 3.69. The van der Waals surface area contributed by atoms with Crippen molar-refractivity contribution in [2.24, 2.45) is 5.41 Å². The molecule has 0 spiro atoms. The van der Waals surface area contributed by atoms with Crippen LogP contribution in [0.25, 0.3) is 0 Å². The number of hydrogen-bond donors (Lipinski definition) is 0. The number of sulfone groups is 1. The summed E-state index contributed by atoms with van der Waals surface area (Å²) in [6, 6.07) is -0.142. The number of carbonyl (C=O) groups excluding carboxylic acids is 1. The van der Waals surface area contributed by atoms with Gasteiger partial charge in [-0.1, -0.05) is 6.92 Å². The SMILES string of the molecule is CCN(C(=O)C1(CC)COC1)C1CCS(=O)(=O)C1. The second-order valence-corrected chi connectivity index (χ2v) is 7.50. The standard InChI is InChI=1S/C12H21NO4S/c1-3-12(8-17-9-12)11(14)13(4-2)10-5-6-18(15,16)7-10/h10H,3-9H2,1-2H3. The number of nitrogens with zero attached hydrogens (tertiary/aromatic N) is 1. The maximum atomic E-state index is 12.6. The highest BCUT2D eigenvalue weighted by atomic mass is 32.2. The summed E-state index contributed by atoms with van der Waals surface area (Å²) < 4.78 is 28.2. The molecule has 0 aromatic carbocycles. The molecule has 104 valence electrons. The molecular formula is C12H21NO4S. The van der Waals surface area contributed by atoms with E-state index in [-0.39, 0.29) is 23.5 Å². The van der Waals surface area contributed by atoms with Gasteiger partial charge in [0.15, 0.2) is 9.84 Å². The largest absolute Gasteiger partial charge is 0.379 e. The van der Waals surface area contributed by atoms with E-state index in [2.05, 4.69) is 0 Å². The van der Waals surface area contributed by atoms with Crippen LogP contribution >= 0.6 is 0 Å². The summed E-state index contributed by atoms with van der Waals surface area (Å²) >= 11 is 0. The summed E-state index contributed by atoms with van der Waals surface area (Å²) in [5, 5.41) is 0. The van der Waals surface area contributed by atoms with Crippen molar-refractivity contribution in [2.45, 2.75) is 32.7 Å². The summed E-state index contributed by atoms with van der Waals surface area (Å²) in [6.45, 7) is 5.41. The predicted molar refractivity (Wildman–Crippen MR) is 68.0 cm³/mol. The zero-order valence-electron chi connectivity index (χ0n) is 11.0. The molecule has 2 fully saturated rings. The molecule has 2 aliphatic rings. The molecule has 1 unspecified atom stereocenters. The van der Waals surface area contributed by atoms with Crippen LogP contribution in [0.3, 0.4) is 0 Å². The summed E-state index contributed by atoms with van der Waals surface area (Å²) in [6.07, 6.45) is 1.32. The summed E-state index contributed by atoms with van der Waals surface area (Å²) in [5.74, 6) is 0.394. The second-order valence-electron chi connectivity index (χ2n) is 5.27. The van der Waals surface area contributed by atoms with Crippen LogP contribution in [0.1, 0.15) is 26.7 Å². The molecule has 0 N–H and O–H groups in total. The van der Waals surface area contributed by atoms with Crippen molar-refractivity contribution in [1.82, 2.24) is 4.90 Å². The third-order valence-electron chi connectivity index (χ3n) is 4.14. The molecule has 1 atom stereocenters. The predicted octanol–water partition coefficient (Wildman–Crippen LogP) is 0.449. The van der Waals surface area contributed by atoms with Crippen molar-refractivity contribution in [3.05, 3.63) is 0 Å². The van der Waals surface area contributed by atoms with Gasteiger partial charge in [-0.15, -0.1) is 0 Å². The number of rotatable bonds is 4. The molecule has 6 heteroatoms. The highest BCUT2D eigenvalue weighted by Crippen LogP contribution is 2.35. The average molecular weight is 275 g/mol. The first-order valence-electron chi connectivity index (χ1n) is 6.53. The molecule has 0 radical (unpaired) electrons. The molecular weight excluding hydrogens is 254 g/mol. The van der Waals surface area contributed by atoms with E-state index in [1.54, 1.807) is 4.90 Å². The average Bonchev–Trinajstić information content (AvgIpc) is 2.59. The van der Waals surface area contributed by atoms with Crippen LogP contribution in [0.2, 0.25) is 0 Å². The van der Waals surface area contributed by atoms with E-state index in [1.165, 1.54) is 0 Å². The monoisotopic (exact) mass is 275 g/mol. The Morgan fingerprint density at radius 2 is 2.06 bits per heavy atom. The molecule has 2 heterocycles. The quantitative estimate of drug-likeness (QED) is 0.747. The van der Waals surface area contributed by atoms with Gasteiger partial charge >= 0.3 is 0 Å². The van der Waals surface area contributed by atoms with Crippen LogP contribution in [0.5, 0.6) is 0 Å². The number of hydrogen-bond acceptors (Lipinski definition) is 4. The van der Waals surface area contributed by atoms with E-state index in [4.69, 9.17) is 4.74 Å². The van der Waals surface area contributed by atoms with E-state index in [0.29, 0.717) is 26.2 Å². The lowest BCUT2D eigenvalue weighted by Crippen LogP contribution is -2.57. The van der Waals surface area contributed by atoms with Crippen LogP contribution in [-0.4, -0.2) is 56.5 Å². The van der Waals surface area contributed by atoms with Crippen molar-refractivity contribution in [3.63, 3.8) is 0 Å². The zero-order valence-corrected chi connectivity index (χ0v) is 11.8. The molecule has 0 saturated carbocycles. The third kappa shape index (κ3) is 2.28. The van der Waals surface area contributed by atoms with Gasteiger partial charge in [-0.25, -0.2) is 8.42 Å². The van der Waals surface area contributed by atoms with Gasteiger partial charge in [0.2, 0.25) is 5.91 Å². The summed E-state index contributed by atoms with van der Waals surface area (Å²) in [7, 11) is -2.95. The Labute approximate surface area is 108 Å². The Hall–Kier alpha value is -0.620. The van der Waals surface area contributed by atoms with Gasteiger partial charge in [0, 0.05) is 12.6 Å². The van der Waals surface area contributed by atoms with Gasteiger partial charge in [0.25, 0.3) is 0 Å². The van der Waals surface area contributed by atoms with Crippen molar-refractivity contribution in [2.75, 3.05) is 31.3 Å². The van der Waals surface area contributed by atoms with Crippen molar-refractivity contribution in [1.29, 1.82) is 0 Å². The Morgan fingerprint density at radius 3 is 2.39 bits per heavy atom. The molecule has 2 saturated heterocycles. The zero-order chi connectivity index (χ0) is 13.4. The smallest absolute Gasteiger partial charge is 0.233 e. The molecule has 1 amide bonds. The molecule has 0 aromatic heterocycles. The van der Waals surface area contributed by atoms with Crippen molar-refractivity contribution in [3.8, 4) is 0 Å². The number of ether oxygens (including phenoxy) is 1. The highest BCUT2D eigenvalue weighted by molar-refractivity contribution is 7.91. The van der Waals surface area contributed by atoms with Gasteiger partial charge in [0.05, 0.1) is 30.1 Å². The normalized spacial score (nSPS) is 28.7. The van der Waals surface area contributed by atoms with E-state index < -0.39 is 15.3 Å². The molecule has 0 aromatic rings. The van der Waals surface area contributed by atoms with Crippen LogP contribution in [0, 0.1) is 5.41 Å². The van der Waals surface area contributed by atoms with E-state index in [9.17, 15) is 13.2 Å². The van der Waals surface area contributed by atoms with E-state index in [0.717, 1.165) is 6.42 Å². The minimum atomic E-state index is -2.95. The minimum absolute atomic E-state index is 0.0702. The molecule has 5 nitrogen and oxygen atoms in total. The molecule has 0 aliphatic carbocycles. The van der Waals surface area contributed by atoms with Gasteiger partial charge in [-0.3, -0.25) is 4.79 Å². The third-order valence-corrected chi connectivity index (χ3v) is 5.89. The molecule has 2 aliphatic heterocycles. The van der Waals surface area contributed by atoms with Gasteiger partial charge in [0.1, 0.15) is 0 Å². The Bertz CT molecular complexity index is 422. The maximum Gasteiger partial charge on any atom is 0.233 e. The first-order chi connectivity index (χ1) is 8.44. The number of amides is 1. The van der Waals surface area contributed by atoms with Crippen LogP contribution in [0.15, 0.2) is 0 Å². The van der Waals surface area contributed by atoms with Gasteiger partial charge in [-0.05, 0) is 19.8 Å². The van der Waals surface area contributed by atoms with Crippen LogP contribution in [-0.2, 0) is 19.4 Å². The molecule has 18 heavy (non-hydrogen) atoms. The Balaban J connectivity index is 2.12. The lowest BCUT2D eigenvalue weighted by atomic mass is 9.81. The summed E-state index contributed by atoms with van der Waals surface area (Å²) in [4.78, 5) is 14.3. The molecule has 0 bridgehead atoms. The van der Waals surface area contributed by atoms with Crippen LogP contribution < -0.4 is 0 Å². The van der Waals surface area contributed by atoms with E-state index in [1.807, 2.05) is 13.8 Å².